The zero-order valence-corrected chi connectivity index (χ0v) is 13.6. The van der Waals surface area contributed by atoms with Crippen LogP contribution < -0.4 is 10.6 Å². The number of pyridine rings is 1. The molecule has 0 saturated carbocycles. The van der Waals surface area contributed by atoms with Crippen LogP contribution >= 0.6 is 23.2 Å². The zero-order chi connectivity index (χ0) is 16.8. The monoisotopic (exact) mass is 353 g/mol. The maximum Gasteiger partial charge on any atom is 0.407 e. The Labute approximate surface area is 142 Å². The Balaban J connectivity index is 2.08. The smallest absolute Gasteiger partial charge is 0.407 e. The van der Waals surface area contributed by atoms with Crippen molar-refractivity contribution >= 4 is 40.9 Å². The molecule has 0 aliphatic carbocycles. The van der Waals surface area contributed by atoms with Gasteiger partial charge in [-0.1, -0.05) is 23.2 Å². The molecule has 0 spiro atoms. The van der Waals surface area contributed by atoms with Crippen LogP contribution in [0.2, 0.25) is 10.0 Å². The molecule has 2 amide bonds. The van der Waals surface area contributed by atoms with Gasteiger partial charge in [0.2, 0.25) is 0 Å². The number of ether oxygens (including phenoxy) is 1. The number of hydrogen-bond acceptors (Lipinski definition) is 4. The van der Waals surface area contributed by atoms with E-state index in [0.717, 1.165) is 0 Å². The van der Waals surface area contributed by atoms with Crippen molar-refractivity contribution in [2.45, 2.75) is 6.54 Å². The van der Waals surface area contributed by atoms with E-state index in [9.17, 15) is 9.59 Å². The summed E-state index contributed by atoms with van der Waals surface area (Å²) in [6, 6.07) is 7.88. The number of benzene rings is 1. The highest BCUT2D eigenvalue weighted by Gasteiger charge is 2.09. The Morgan fingerprint density at radius 2 is 1.87 bits per heavy atom. The van der Waals surface area contributed by atoms with Crippen molar-refractivity contribution < 1.29 is 14.3 Å². The van der Waals surface area contributed by atoms with Crippen molar-refractivity contribution in [2.75, 3.05) is 12.4 Å². The summed E-state index contributed by atoms with van der Waals surface area (Å²) >= 11 is 11.8. The summed E-state index contributed by atoms with van der Waals surface area (Å²) in [6.07, 6.45) is 0.906. The number of alkyl carbamates (subject to hydrolysis) is 1. The Morgan fingerprint density at radius 3 is 2.52 bits per heavy atom. The van der Waals surface area contributed by atoms with E-state index in [2.05, 4.69) is 20.4 Å². The van der Waals surface area contributed by atoms with E-state index in [4.69, 9.17) is 23.2 Å². The number of nitrogens with zero attached hydrogens (tertiary/aromatic N) is 1. The minimum Gasteiger partial charge on any atom is -0.453 e. The first kappa shape index (κ1) is 17.1. The molecular weight excluding hydrogens is 341 g/mol. The number of carbonyl (C=O) groups excluding carboxylic acids is 2. The van der Waals surface area contributed by atoms with Gasteiger partial charge in [0.05, 0.1) is 19.3 Å². The molecule has 0 fully saturated rings. The number of methoxy groups -OCH3 is 1. The molecule has 1 heterocycles. The van der Waals surface area contributed by atoms with Gasteiger partial charge >= 0.3 is 6.09 Å². The van der Waals surface area contributed by atoms with Crippen LogP contribution in [0.15, 0.2) is 36.5 Å². The second-order valence-electron chi connectivity index (χ2n) is 4.49. The number of halogens is 2. The van der Waals surface area contributed by atoms with Crippen LogP contribution in [0, 0.1) is 0 Å². The molecule has 6 nitrogen and oxygen atoms in total. The Hall–Kier alpha value is -2.31. The maximum atomic E-state index is 12.2. The molecule has 0 unspecified atom stereocenters. The lowest BCUT2D eigenvalue weighted by Gasteiger charge is -2.08. The van der Waals surface area contributed by atoms with Gasteiger partial charge in [-0.3, -0.25) is 9.78 Å². The third kappa shape index (κ3) is 5.12. The van der Waals surface area contributed by atoms with Crippen LogP contribution in [-0.2, 0) is 11.3 Å². The van der Waals surface area contributed by atoms with Gasteiger partial charge in [-0.25, -0.2) is 4.79 Å². The van der Waals surface area contributed by atoms with Crippen molar-refractivity contribution in [1.29, 1.82) is 0 Å². The second kappa shape index (κ2) is 7.80. The summed E-state index contributed by atoms with van der Waals surface area (Å²) in [5.41, 5.74) is 1.39. The predicted molar refractivity (Wildman–Crippen MR) is 87.9 cm³/mol. The molecule has 23 heavy (non-hydrogen) atoms. The van der Waals surface area contributed by atoms with E-state index in [1.54, 1.807) is 30.3 Å². The lowest BCUT2D eigenvalue weighted by atomic mass is 10.2. The third-order valence-electron chi connectivity index (χ3n) is 2.80. The fourth-order valence-electron chi connectivity index (χ4n) is 1.78. The number of nitrogens with one attached hydrogen (secondary N) is 2. The molecule has 0 aliphatic heterocycles. The lowest BCUT2D eigenvalue weighted by Crippen LogP contribution is -2.23. The Kier molecular flexibility index (Phi) is 5.78. The van der Waals surface area contributed by atoms with E-state index < -0.39 is 6.09 Å². The van der Waals surface area contributed by atoms with E-state index in [0.29, 0.717) is 27.0 Å². The highest BCUT2D eigenvalue weighted by atomic mass is 35.5. The van der Waals surface area contributed by atoms with Crippen LogP contribution in [-0.4, -0.2) is 24.1 Å². The van der Waals surface area contributed by atoms with Crippen LogP contribution in [0.4, 0.5) is 10.5 Å². The van der Waals surface area contributed by atoms with Gasteiger partial charge in [0.15, 0.2) is 0 Å². The number of aromatic nitrogens is 1. The topological polar surface area (TPSA) is 80.3 Å². The molecule has 0 bridgehead atoms. The number of rotatable bonds is 4. The van der Waals surface area contributed by atoms with E-state index in [1.165, 1.54) is 13.3 Å². The van der Waals surface area contributed by atoms with Crippen LogP contribution in [0.3, 0.4) is 0 Å². The molecule has 1 aromatic heterocycles. The normalized spacial score (nSPS) is 10.0. The maximum absolute atomic E-state index is 12.2. The molecule has 2 N–H and O–H groups in total. The highest BCUT2D eigenvalue weighted by Crippen LogP contribution is 2.22. The summed E-state index contributed by atoms with van der Waals surface area (Å²) in [4.78, 5) is 27.4. The summed E-state index contributed by atoms with van der Waals surface area (Å²) < 4.78 is 4.47. The standard InChI is InChI=1S/C15H13Cl2N3O3/c1-23-15(22)19-8-13-4-9(2-3-18-13)14(21)20-12-6-10(16)5-11(17)7-12/h2-7H,8H2,1H3,(H,19,22)(H,20,21). The number of amides is 2. The van der Waals surface area contributed by atoms with E-state index >= 15 is 0 Å². The van der Waals surface area contributed by atoms with Crippen LogP contribution in [0.25, 0.3) is 0 Å². The molecule has 1 aromatic carbocycles. The van der Waals surface area contributed by atoms with Crippen LogP contribution in [0.1, 0.15) is 16.1 Å². The molecule has 0 saturated heterocycles. The first-order valence-corrected chi connectivity index (χ1v) is 7.27. The van der Waals surface area contributed by atoms with Gasteiger partial charge in [-0.15, -0.1) is 0 Å². The zero-order valence-electron chi connectivity index (χ0n) is 12.1. The third-order valence-corrected chi connectivity index (χ3v) is 3.23. The van der Waals surface area contributed by atoms with Gasteiger partial charge in [-0.2, -0.15) is 0 Å². The first-order valence-electron chi connectivity index (χ1n) is 6.52. The summed E-state index contributed by atoms with van der Waals surface area (Å²) in [5, 5.41) is 6.03. The summed E-state index contributed by atoms with van der Waals surface area (Å²) in [6.45, 7) is 0.150. The molecule has 0 aliphatic rings. The quantitative estimate of drug-likeness (QED) is 0.881. The molecule has 0 atom stereocenters. The van der Waals surface area contributed by atoms with E-state index in [-0.39, 0.29) is 12.5 Å². The van der Waals surface area contributed by atoms with Crippen molar-refractivity contribution in [3.8, 4) is 0 Å². The minimum atomic E-state index is -0.574. The van der Waals surface area contributed by atoms with Crippen molar-refractivity contribution in [2.24, 2.45) is 0 Å². The number of hydrogen-bond donors (Lipinski definition) is 2. The lowest BCUT2D eigenvalue weighted by molar-refractivity contribution is 0.102. The second-order valence-corrected chi connectivity index (χ2v) is 5.37. The Bertz CT molecular complexity index is 717. The number of carbonyl (C=O) groups is 2. The SMILES string of the molecule is COC(=O)NCc1cc(C(=O)Nc2cc(Cl)cc(Cl)c2)ccn1. The van der Waals surface area contributed by atoms with Crippen molar-refractivity contribution in [1.82, 2.24) is 10.3 Å². The highest BCUT2D eigenvalue weighted by molar-refractivity contribution is 6.35. The largest absolute Gasteiger partial charge is 0.453 e. The van der Waals surface area contributed by atoms with Crippen LogP contribution in [0.5, 0.6) is 0 Å². The van der Waals surface area contributed by atoms with Gasteiger partial charge < -0.3 is 15.4 Å². The molecule has 2 rings (SSSR count). The summed E-state index contributed by atoms with van der Waals surface area (Å²) in [7, 11) is 1.27. The van der Waals surface area contributed by atoms with Crippen molar-refractivity contribution in [3.63, 3.8) is 0 Å². The van der Waals surface area contributed by atoms with E-state index in [1.807, 2.05) is 0 Å². The van der Waals surface area contributed by atoms with Gasteiger partial charge in [0.25, 0.3) is 5.91 Å². The Morgan fingerprint density at radius 1 is 1.17 bits per heavy atom. The fourth-order valence-corrected chi connectivity index (χ4v) is 2.31. The first-order chi connectivity index (χ1) is 11.0. The number of anilines is 1. The molecule has 2 aromatic rings. The minimum absolute atomic E-state index is 0.150. The molecular formula is C15H13Cl2N3O3. The van der Waals surface area contributed by atoms with Gasteiger partial charge in [0.1, 0.15) is 0 Å². The average Bonchev–Trinajstić information content (AvgIpc) is 2.51. The predicted octanol–water partition coefficient (Wildman–Crippen LogP) is 3.50. The summed E-state index contributed by atoms with van der Waals surface area (Å²) in [5.74, 6) is -0.343. The molecule has 8 heteroatoms. The fraction of sp³-hybridized carbons (Fsp3) is 0.133. The average molecular weight is 354 g/mol. The molecule has 0 radical (unpaired) electrons. The van der Waals surface area contributed by atoms with Gasteiger partial charge in [0, 0.05) is 27.5 Å². The van der Waals surface area contributed by atoms with Crippen molar-refractivity contribution in [3.05, 3.63) is 57.8 Å². The van der Waals surface area contributed by atoms with Gasteiger partial charge in [-0.05, 0) is 30.3 Å². The molecule has 120 valence electrons.